The lowest BCUT2D eigenvalue weighted by molar-refractivity contribution is 0.0997. The van der Waals surface area contributed by atoms with Gasteiger partial charge in [-0.05, 0) is 54.6 Å². The monoisotopic (exact) mass is 483 g/mol. The number of hydrogen-bond donors (Lipinski definition) is 1. The zero-order valence-corrected chi connectivity index (χ0v) is 19.0. The molecule has 0 radical (unpaired) electrons. The van der Waals surface area contributed by atoms with Gasteiger partial charge in [0.15, 0.2) is 11.6 Å². The number of amides is 1. The van der Waals surface area contributed by atoms with Crippen molar-refractivity contribution in [2.24, 2.45) is 0 Å². The van der Waals surface area contributed by atoms with E-state index >= 15 is 0 Å². The van der Waals surface area contributed by atoms with E-state index in [0.29, 0.717) is 21.5 Å². The van der Waals surface area contributed by atoms with E-state index < -0.39 is 0 Å². The van der Waals surface area contributed by atoms with Crippen LogP contribution in [0.4, 0.5) is 5.69 Å². The van der Waals surface area contributed by atoms with Gasteiger partial charge in [0.2, 0.25) is 4.96 Å². The van der Waals surface area contributed by atoms with Gasteiger partial charge in [-0.1, -0.05) is 41.5 Å². The quantitative estimate of drug-likeness (QED) is 0.320. The van der Waals surface area contributed by atoms with Crippen LogP contribution in [0.5, 0.6) is 0 Å². The Labute approximate surface area is 196 Å². The number of aromatic nitrogens is 4. The van der Waals surface area contributed by atoms with Gasteiger partial charge >= 0.3 is 0 Å². The molecule has 5 aromatic rings. The van der Waals surface area contributed by atoms with E-state index in [-0.39, 0.29) is 11.7 Å². The number of aryl methyl sites for hydroxylation is 1. The van der Waals surface area contributed by atoms with Gasteiger partial charge in [-0.25, -0.2) is 0 Å². The van der Waals surface area contributed by atoms with Crippen LogP contribution in [0, 0.1) is 0 Å². The van der Waals surface area contributed by atoms with Crippen molar-refractivity contribution in [2.45, 2.75) is 13.3 Å². The van der Waals surface area contributed by atoms with Crippen molar-refractivity contribution >= 4 is 51.1 Å². The molecular formula is C22H15Cl2N5O2S. The molecule has 0 bridgehead atoms. The van der Waals surface area contributed by atoms with Gasteiger partial charge < -0.3 is 9.73 Å². The summed E-state index contributed by atoms with van der Waals surface area (Å²) in [6.07, 6.45) is 0.759. The maximum atomic E-state index is 12.6. The Kier molecular flexibility index (Phi) is 5.42. The summed E-state index contributed by atoms with van der Waals surface area (Å²) in [5.74, 6) is 1.19. The normalized spacial score (nSPS) is 11.2. The SMILES string of the molecule is CCc1nnc2sc(-c3ccc(NC(=O)c4ccc(-c5ccc(Cl)c(Cl)c5)o4)cc3)nn12. The molecule has 0 aliphatic heterocycles. The molecule has 160 valence electrons. The van der Waals surface area contributed by atoms with Crippen LogP contribution in [0.15, 0.2) is 59.0 Å². The van der Waals surface area contributed by atoms with E-state index in [4.69, 9.17) is 27.6 Å². The average Bonchev–Trinajstić information content (AvgIpc) is 3.52. The zero-order chi connectivity index (χ0) is 22.2. The standard InChI is InChI=1S/C22H15Cl2N5O2S/c1-2-19-26-27-22-29(19)28-21(32-22)12-3-6-14(7-4-12)25-20(30)18-10-9-17(31-18)13-5-8-15(23)16(24)11-13/h3-11H,2H2,1H3,(H,25,30). The van der Waals surface area contributed by atoms with Gasteiger partial charge in [-0.2, -0.15) is 9.61 Å². The summed E-state index contributed by atoms with van der Waals surface area (Å²) in [6.45, 7) is 2.01. The molecule has 0 atom stereocenters. The second kappa shape index (κ2) is 8.38. The number of fused-ring (bicyclic) bond motifs is 1. The molecule has 2 aromatic carbocycles. The number of nitrogens with zero attached hydrogens (tertiary/aromatic N) is 4. The van der Waals surface area contributed by atoms with Crippen LogP contribution in [0.2, 0.25) is 10.0 Å². The van der Waals surface area contributed by atoms with Crippen molar-refractivity contribution in [2.75, 3.05) is 5.32 Å². The highest BCUT2D eigenvalue weighted by Crippen LogP contribution is 2.30. The van der Waals surface area contributed by atoms with Crippen LogP contribution in [-0.2, 0) is 6.42 Å². The number of rotatable bonds is 5. The first-order valence-electron chi connectivity index (χ1n) is 9.70. The fraction of sp³-hybridized carbons (Fsp3) is 0.0909. The number of furan rings is 1. The minimum Gasteiger partial charge on any atom is -0.451 e. The zero-order valence-electron chi connectivity index (χ0n) is 16.7. The first kappa shape index (κ1) is 20.7. The summed E-state index contributed by atoms with van der Waals surface area (Å²) in [4.78, 5) is 13.4. The smallest absolute Gasteiger partial charge is 0.291 e. The first-order chi connectivity index (χ1) is 15.5. The van der Waals surface area contributed by atoms with E-state index in [1.807, 2.05) is 31.2 Å². The number of hydrogen-bond acceptors (Lipinski definition) is 6. The molecule has 10 heteroatoms. The van der Waals surface area contributed by atoms with Gasteiger partial charge in [-0.15, -0.1) is 10.2 Å². The molecule has 3 heterocycles. The third kappa shape index (κ3) is 3.88. The topological polar surface area (TPSA) is 85.3 Å². The fourth-order valence-electron chi connectivity index (χ4n) is 3.15. The summed E-state index contributed by atoms with van der Waals surface area (Å²) in [6, 6.07) is 15.9. The molecule has 0 aliphatic carbocycles. The third-order valence-electron chi connectivity index (χ3n) is 4.80. The lowest BCUT2D eigenvalue weighted by atomic mass is 10.2. The van der Waals surface area contributed by atoms with Gasteiger partial charge in [0.1, 0.15) is 10.8 Å². The Balaban J connectivity index is 1.31. The minimum absolute atomic E-state index is 0.191. The number of anilines is 1. The van der Waals surface area contributed by atoms with Crippen LogP contribution in [0.3, 0.4) is 0 Å². The Morgan fingerprint density at radius 3 is 2.56 bits per heavy atom. The Hall–Kier alpha value is -3.20. The lowest BCUT2D eigenvalue weighted by Gasteiger charge is -2.04. The summed E-state index contributed by atoms with van der Waals surface area (Å²) >= 11 is 13.5. The lowest BCUT2D eigenvalue weighted by Crippen LogP contribution is -2.10. The first-order valence-corrected chi connectivity index (χ1v) is 11.3. The Bertz CT molecular complexity index is 1440. The maximum Gasteiger partial charge on any atom is 0.291 e. The highest BCUT2D eigenvalue weighted by atomic mass is 35.5. The molecule has 7 nitrogen and oxygen atoms in total. The molecule has 0 saturated heterocycles. The molecular weight excluding hydrogens is 469 g/mol. The summed E-state index contributed by atoms with van der Waals surface area (Å²) in [7, 11) is 0. The average molecular weight is 484 g/mol. The number of halogens is 2. The molecule has 0 fully saturated rings. The van der Waals surface area contributed by atoms with Crippen molar-refractivity contribution in [1.29, 1.82) is 0 Å². The summed E-state index contributed by atoms with van der Waals surface area (Å²) in [5.41, 5.74) is 2.31. The highest BCUT2D eigenvalue weighted by Gasteiger charge is 2.15. The molecule has 0 saturated carbocycles. The molecule has 0 unspecified atom stereocenters. The fourth-order valence-corrected chi connectivity index (χ4v) is 4.31. The largest absolute Gasteiger partial charge is 0.451 e. The highest BCUT2D eigenvalue weighted by molar-refractivity contribution is 7.19. The number of benzene rings is 2. The van der Waals surface area contributed by atoms with Gasteiger partial charge in [-0.3, -0.25) is 4.79 Å². The van der Waals surface area contributed by atoms with Gasteiger partial charge in [0.05, 0.1) is 10.0 Å². The van der Waals surface area contributed by atoms with E-state index in [0.717, 1.165) is 33.3 Å². The predicted molar refractivity (Wildman–Crippen MR) is 126 cm³/mol. The van der Waals surface area contributed by atoms with Gasteiger partial charge in [0.25, 0.3) is 5.91 Å². The third-order valence-corrected chi connectivity index (χ3v) is 6.48. The molecule has 0 spiro atoms. The second-order valence-electron chi connectivity index (χ2n) is 6.90. The number of nitrogens with one attached hydrogen (secondary N) is 1. The molecule has 32 heavy (non-hydrogen) atoms. The second-order valence-corrected chi connectivity index (χ2v) is 8.67. The number of carbonyl (C=O) groups is 1. The molecule has 3 aromatic heterocycles. The Morgan fingerprint density at radius 2 is 1.81 bits per heavy atom. The van der Waals surface area contributed by atoms with Crippen molar-refractivity contribution < 1.29 is 9.21 Å². The molecule has 1 amide bonds. The van der Waals surface area contributed by atoms with Crippen LogP contribution in [0.25, 0.3) is 26.9 Å². The van der Waals surface area contributed by atoms with E-state index in [2.05, 4.69) is 20.6 Å². The van der Waals surface area contributed by atoms with E-state index in [9.17, 15) is 4.79 Å². The maximum absolute atomic E-state index is 12.6. The van der Waals surface area contributed by atoms with Gasteiger partial charge in [0, 0.05) is 23.2 Å². The molecule has 1 N–H and O–H groups in total. The summed E-state index contributed by atoms with van der Waals surface area (Å²) in [5, 5.41) is 17.4. The molecule has 0 aliphatic rings. The van der Waals surface area contributed by atoms with Crippen molar-refractivity contribution in [3.8, 4) is 21.9 Å². The van der Waals surface area contributed by atoms with E-state index in [1.165, 1.54) is 11.3 Å². The Morgan fingerprint density at radius 1 is 1.03 bits per heavy atom. The van der Waals surface area contributed by atoms with Crippen LogP contribution in [0.1, 0.15) is 23.3 Å². The van der Waals surface area contributed by atoms with Crippen molar-refractivity contribution in [3.05, 3.63) is 76.2 Å². The van der Waals surface area contributed by atoms with Crippen molar-refractivity contribution in [1.82, 2.24) is 19.8 Å². The van der Waals surface area contributed by atoms with Crippen molar-refractivity contribution in [3.63, 3.8) is 0 Å². The van der Waals surface area contributed by atoms with Crippen LogP contribution >= 0.6 is 34.5 Å². The number of carbonyl (C=O) groups excluding carboxylic acids is 1. The minimum atomic E-state index is -0.351. The molecule has 5 rings (SSSR count). The van der Waals surface area contributed by atoms with Crippen LogP contribution in [-0.4, -0.2) is 25.7 Å². The van der Waals surface area contributed by atoms with E-state index in [1.54, 1.807) is 34.8 Å². The predicted octanol–water partition coefficient (Wildman–Crippen LogP) is 6.23. The van der Waals surface area contributed by atoms with Crippen LogP contribution < -0.4 is 5.32 Å². The summed E-state index contributed by atoms with van der Waals surface area (Å²) < 4.78 is 7.46.